The molecule has 6 heteroatoms. The summed E-state index contributed by atoms with van der Waals surface area (Å²) in [7, 11) is 0. The maximum atomic E-state index is 11.9. The van der Waals surface area contributed by atoms with Crippen LogP contribution in [0.25, 0.3) is 0 Å². The Morgan fingerprint density at radius 1 is 1.29 bits per heavy atom. The van der Waals surface area contributed by atoms with Crippen LogP contribution in [0.5, 0.6) is 5.75 Å². The standard InChI is InChI=1S/C25H40N2O4/c1-2-3-4-7-19(28)9-10-20-21-13-17-6-5-8-24(31-16-25(30)27-12-11-26)22(17)14-18(21)15-23(20)29/h5-6,8,18-21,23,28-29H,2-4,7,9-16,26H2,1H3,(H,27,30)/t18-,19-,20+,21-,23+/m0/s1. The molecule has 1 aromatic rings. The van der Waals surface area contributed by atoms with Crippen LogP contribution >= 0.6 is 0 Å². The molecule has 174 valence electrons. The van der Waals surface area contributed by atoms with Crippen molar-refractivity contribution in [2.24, 2.45) is 23.5 Å². The van der Waals surface area contributed by atoms with Crippen molar-refractivity contribution in [2.75, 3.05) is 19.7 Å². The van der Waals surface area contributed by atoms with E-state index in [0.29, 0.717) is 24.9 Å². The summed E-state index contributed by atoms with van der Waals surface area (Å²) in [4.78, 5) is 11.9. The zero-order valence-electron chi connectivity index (χ0n) is 18.9. The average Bonchev–Trinajstić information content (AvgIpc) is 3.07. The summed E-state index contributed by atoms with van der Waals surface area (Å²) >= 11 is 0. The van der Waals surface area contributed by atoms with E-state index < -0.39 is 0 Å². The minimum atomic E-state index is -0.293. The summed E-state index contributed by atoms with van der Waals surface area (Å²) in [5.41, 5.74) is 7.87. The van der Waals surface area contributed by atoms with E-state index in [0.717, 1.165) is 50.7 Å². The fraction of sp³-hybridized carbons (Fsp3) is 0.720. The molecule has 3 rings (SSSR count). The number of rotatable bonds is 12. The third-order valence-corrected chi connectivity index (χ3v) is 7.15. The Kier molecular flexibility index (Phi) is 9.17. The minimum absolute atomic E-state index is 0.00822. The van der Waals surface area contributed by atoms with Crippen LogP contribution in [0, 0.1) is 17.8 Å². The van der Waals surface area contributed by atoms with Crippen LogP contribution in [0.3, 0.4) is 0 Å². The highest BCUT2D eigenvalue weighted by Gasteiger charge is 2.44. The van der Waals surface area contributed by atoms with Gasteiger partial charge in [0.2, 0.25) is 0 Å². The van der Waals surface area contributed by atoms with E-state index >= 15 is 0 Å². The first kappa shape index (κ1) is 24.0. The van der Waals surface area contributed by atoms with Crippen LogP contribution in [0.2, 0.25) is 0 Å². The molecule has 5 atom stereocenters. The van der Waals surface area contributed by atoms with Crippen molar-refractivity contribution in [3.05, 3.63) is 29.3 Å². The highest BCUT2D eigenvalue weighted by molar-refractivity contribution is 5.77. The minimum Gasteiger partial charge on any atom is -0.483 e. The van der Waals surface area contributed by atoms with Crippen LogP contribution in [-0.4, -0.2) is 48.0 Å². The highest BCUT2D eigenvalue weighted by atomic mass is 16.5. The van der Waals surface area contributed by atoms with Crippen molar-refractivity contribution in [3.63, 3.8) is 0 Å². The SMILES string of the molecule is CCCCC[C@H](O)CC[C@@H]1[C@H]2Cc3cccc(OCC(=O)NCCN)c3C[C@H]2C[C@H]1O. The molecular formula is C25H40N2O4. The number of hydrogen-bond acceptors (Lipinski definition) is 5. The van der Waals surface area contributed by atoms with E-state index in [2.05, 4.69) is 18.3 Å². The number of nitrogens with one attached hydrogen (secondary N) is 1. The molecule has 1 amide bonds. The summed E-state index contributed by atoms with van der Waals surface area (Å²) in [6.07, 6.45) is 8.04. The Morgan fingerprint density at radius 2 is 2.13 bits per heavy atom. The second-order valence-corrected chi connectivity index (χ2v) is 9.35. The number of nitrogens with two attached hydrogens (primary N) is 1. The molecule has 0 bridgehead atoms. The largest absolute Gasteiger partial charge is 0.483 e. The number of amides is 1. The average molecular weight is 433 g/mol. The zero-order valence-corrected chi connectivity index (χ0v) is 18.9. The lowest BCUT2D eigenvalue weighted by atomic mass is 9.73. The topological polar surface area (TPSA) is 105 Å². The predicted molar refractivity (Wildman–Crippen MR) is 122 cm³/mol. The number of unbranched alkanes of at least 4 members (excludes halogenated alkanes) is 2. The fourth-order valence-electron chi connectivity index (χ4n) is 5.50. The number of benzene rings is 1. The van der Waals surface area contributed by atoms with Crippen LogP contribution in [0.15, 0.2) is 18.2 Å². The lowest BCUT2D eigenvalue weighted by molar-refractivity contribution is -0.123. The lowest BCUT2D eigenvalue weighted by Gasteiger charge is -2.32. The van der Waals surface area contributed by atoms with Crippen molar-refractivity contribution in [1.29, 1.82) is 0 Å². The molecule has 6 nitrogen and oxygen atoms in total. The number of fused-ring (bicyclic) bond motifs is 2. The molecule has 0 unspecified atom stereocenters. The fourth-order valence-corrected chi connectivity index (χ4v) is 5.50. The Hall–Kier alpha value is -1.63. The highest BCUT2D eigenvalue weighted by Crippen LogP contribution is 2.48. The molecule has 0 heterocycles. The van der Waals surface area contributed by atoms with Gasteiger partial charge in [0.1, 0.15) is 5.75 Å². The third kappa shape index (κ3) is 6.43. The van der Waals surface area contributed by atoms with Gasteiger partial charge in [-0.2, -0.15) is 0 Å². The molecule has 0 spiro atoms. The maximum absolute atomic E-state index is 11.9. The van der Waals surface area contributed by atoms with Gasteiger partial charge >= 0.3 is 0 Å². The number of aliphatic hydroxyl groups excluding tert-OH is 2. The van der Waals surface area contributed by atoms with Gasteiger partial charge in [-0.1, -0.05) is 38.3 Å². The third-order valence-electron chi connectivity index (χ3n) is 7.15. The first-order chi connectivity index (χ1) is 15.0. The normalized spacial score (nSPS) is 25.5. The van der Waals surface area contributed by atoms with Gasteiger partial charge in [0, 0.05) is 13.1 Å². The van der Waals surface area contributed by atoms with Gasteiger partial charge in [0.25, 0.3) is 5.91 Å². The molecule has 1 fully saturated rings. The quantitative estimate of drug-likeness (QED) is 0.380. The van der Waals surface area contributed by atoms with Crippen molar-refractivity contribution in [3.8, 4) is 5.75 Å². The Bertz CT molecular complexity index is 711. The van der Waals surface area contributed by atoms with Gasteiger partial charge in [0.15, 0.2) is 6.61 Å². The maximum Gasteiger partial charge on any atom is 0.257 e. The Balaban J connectivity index is 1.59. The van der Waals surface area contributed by atoms with Crippen LogP contribution in [-0.2, 0) is 17.6 Å². The molecule has 2 aliphatic rings. The van der Waals surface area contributed by atoms with E-state index in [-0.39, 0.29) is 30.6 Å². The molecule has 0 aliphatic heterocycles. The van der Waals surface area contributed by atoms with Crippen molar-refractivity contribution >= 4 is 5.91 Å². The van der Waals surface area contributed by atoms with Gasteiger partial charge < -0.3 is 26.0 Å². The van der Waals surface area contributed by atoms with Crippen LogP contribution in [0.1, 0.15) is 63.0 Å². The molecular weight excluding hydrogens is 392 g/mol. The van der Waals surface area contributed by atoms with E-state index in [4.69, 9.17) is 10.5 Å². The van der Waals surface area contributed by atoms with Gasteiger partial charge in [-0.25, -0.2) is 0 Å². The summed E-state index contributed by atoms with van der Waals surface area (Å²) < 4.78 is 5.84. The molecule has 0 saturated heterocycles. The summed E-state index contributed by atoms with van der Waals surface area (Å²) in [6, 6.07) is 6.07. The first-order valence-electron chi connectivity index (χ1n) is 12.1. The van der Waals surface area contributed by atoms with Gasteiger partial charge in [-0.05, 0) is 73.5 Å². The molecule has 5 N–H and O–H groups in total. The van der Waals surface area contributed by atoms with E-state index in [1.54, 1.807) is 0 Å². The number of ether oxygens (including phenoxy) is 1. The molecule has 1 saturated carbocycles. The Labute approximate surface area is 186 Å². The monoisotopic (exact) mass is 432 g/mol. The lowest BCUT2D eigenvalue weighted by Crippen LogP contribution is -2.33. The second-order valence-electron chi connectivity index (χ2n) is 9.35. The Morgan fingerprint density at radius 3 is 2.90 bits per heavy atom. The smallest absolute Gasteiger partial charge is 0.257 e. The van der Waals surface area contributed by atoms with E-state index in [1.165, 1.54) is 24.0 Å². The summed E-state index contributed by atoms with van der Waals surface area (Å²) in [6.45, 7) is 3.03. The summed E-state index contributed by atoms with van der Waals surface area (Å²) in [5.74, 6) is 1.76. The van der Waals surface area contributed by atoms with Crippen molar-refractivity contribution < 1.29 is 19.7 Å². The number of aliphatic hydroxyl groups is 2. The van der Waals surface area contributed by atoms with E-state index in [9.17, 15) is 15.0 Å². The molecule has 2 aliphatic carbocycles. The summed E-state index contributed by atoms with van der Waals surface area (Å²) in [5, 5.41) is 23.8. The zero-order chi connectivity index (χ0) is 22.2. The molecule has 31 heavy (non-hydrogen) atoms. The number of hydrogen-bond donors (Lipinski definition) is 4. The second kappa shape index (κ2) is 11.8. The predicted octanol–water partition coefficient (Wildman–Crippen LogP) is 2.57. The molecule has 1 aromatic carbocycles. The van der Waals surface area contributed by atoms with Gasteiger partial charge in [0.05, 0.1) is 12.2 Å². The van der Waals surface area contributed by atoms with E-state index in [1.807, 2.05) is 12.1 Å². The van der Waals surface area contributed by atoms with Crippen LogP contribution < -0.4 is 15.8 Å². The van der Waals surface area contributed by atoms with Crippen molar-refractivity contribution in [2.45, 2.75) is 76.9 Å². The first-order valence-corrected chi connectivity index (χ1v) is 12.1. The number of carbonyl (C=O) groups excluding carboxylic acids is 1. The van der Waals surface area contributed by atoms with Gasteiger partial charge in [-0.3, -0.25) is 4.79 Å². The van der Waals surface area contributed by atoms with Crippen LogP contribution in [0.4, 0.5) is 0 Å². The number of carbonyl (C=O) groups is 1. The molecule has 0 radical (unpaired) electrons. The van der Waals surface area contributed by atoms with Crippen molar-refractivity contribution in [1.82, 2.24) is 5.32 Å². The van der Waals surface area contributed by atoms with Gasteiger partial charge in [-0.15, -0.1) is 0 Å². The molecule has 0 aromatic heterocycles.